The van der Waals surface area contributed by atoms with Gasteiger partial charge in [-0.15, -0.1) is 11.3 Å². The minimum atomic E-state index is -3.62. The molecule has 7 nitrogen and oxygen atoms in total. The summed E-state index contributed by atoms with van der Waals surface area (Å²) in [5.74, 6) is -0.103. The molecule has 0 radical (unpaired) electrons. The summed E-state index contributed by atoms with van der Waals surface area (Å²) in [4.78, 5) is 28.2. The first-order valence-electron chi connectivity index (χ1n) is 11.6. The fraction of sp³-hybridized carbons (Fsp3) is 0.500. The van der Waals surface area contributed by atoms with E-state index in [2.05, 4.69) is 17.0 Å². The molecular formula is C24H33N3O4S2. The second-order valence-electron chi connectivity index (χ2n) is 8.32. The van der Waals surface area contributed by atoms with Gasteiger partial charge in [-0.25, -0.2) is 13.1 Å². The summed E-state index contributed by atoms with van der Waals surface area (Å²) in [5, 5.41) is 4.96. The third kappa shape index (κ3) is 7.38. The number of sulfonamides is 1. The Morgan fingerprint density at radius 3 is 2.42 bits per heavy atom. The van der Waals surface area contributed by atoms with Crippen molar-refractivity contribution in [3.63, 3.8) is 0 Å². The smallest absolute Gasteiger partial charge is 0.253 e. The third-order valence-corrected chi connectivity index (χ3v) is 8.30. The number of nitrogens with one attached hydrogen (secondary N) is 2. The van der Waals surface area contributed by atoms with Crippen molar-refractivity contribution in [3.05, 3.63) is 52.2 Å². The molecule has 1 aromatic carbocycles. The van der Waals surface area contributed by atoms with Crippen LogP contribution in [0, 0.1) is 5.92 Å². The summed E-state index contributed by atoms with van der Waals surface area (Å²) in [6.45, 7) is 4.21. The number of benzene rings is 1. The zero-order valence-corrected chi connectivity index (χ0v) is 20.7. The predicted octanol–water partition coefficient (Wildman–Crippen LogP) is 3.43. The average Bonchev–Trinajstić information content (AvgIpc) is 3.35. The lowest BCUT2D eigenvalue weighted by molar-refractivity contribution is -0.126. The molecule has 1 saturated heterocycles. The summed E-state index contributed by atoms with van der Waals surface area (Å²) < 4.78 is 27.6. The molecule has 9 heteroatoms. The van der Waals surface area contributed by atoms with Gasteiger partial charge in [-0.2, -0.15) is 0 Å². The Bertz CT molecular complexity index is 997. The Balaban J connectivity index is 1.47. The molecule has 0 saturated carbocycles. The Kier molecular flexibility index (Phi) is 9.46. The molecule has 2 amide bonds. The van der Waals surface area contributed by atoms with Gasteiger partial charge in [0.05, 0.1) is 4.90 Å². The van der Waals surface area contributed by atoms with E-state index in [1.807, 2.05) is 17.5 Å². The third-order valence-electron chi connectivity index (χ3n) is 5.89. The molecule has 2 aromatic rings. The van der Waals surface area contributed by atoms with Gasteiger partial charge < -0.3 is 10.2 Å². The minimum Gasteiger partial charge on any atom is -0.356 e. The average molecular weight is 492 g/mol. The largest absolute Gasteiger partial charge is 0.356 e. The van der Waals surface area contributed by atoms with E-state index in [4.69, 9.17) is 0 Å². The highest BCUT2D eigenvalue weighted by atomic mass is 32.2. The molecule has 1 aliphatic rings. The van der Waals surface area contributed by atoms with E-state index >= 15 is 0 Å². The van der Waals surface area contributed by atoms with Crippen molar-refractivity contribution in [1.82, 2.24) is 14.9 Å². The Labute approximate surface area is 200 Å². The zero-order valence-electron chi connectivity index (χ0n) is 19.1. The number of likely N-dealkylation sites (tertiary alicyclic amines) is 1. The fourth-order valence-corrected chi connectivity index (χ4v) is 5.62. The number of piperidine rings is 1. The van der Waals surface area contributed by atoms with E-state index in [0.717, 1.165) is 24.1 Å². The predicted molar refractivity (Wildman–Crippen MR) is 131 cm³/mol. The number of thiophene rings is 1. The maximum atomic E-state index is 12.8. The number of rotatable bonds is 11. The SMILES string of the molecule is CCCCCNC(=O)C1CCN(C(=O)c2ccc(S(=O)(=O)NCCc3cccs3)cc2)CC1. The van der Waals surface area contributed by atoms with Crippen molar-refractivity contribution in [1.29, 1.82) is 0 Å². The molecule has 180 valence electrons. The highest BCUT2D eigenvalue weighted by Gasteiger charge is 2.27. The van der Waals surface area contributed by atoms with E-state index in [9.17, 15) is 18.0 Å². The first kappa shape index (κ1) is 25.4. The number of nitrogens with zero attached hydrogens (tertiary/aromatic N) is 1. The lowest BCUT2D eigenvalue weighted by Gasteiger charge is -2.31. The van der Waals surface area contributed by atoms with Crippen molar-refractivity contribution < 1.29 is 18.0 Å². The van der Waals surface area contributed by atoms with Gasteiger partial charge in [0.1, 0.15) is 0 Å². The summed E-state index contributed by atoms with van der Waals surface area (Å²) in [6, 6.07) is 9.97. The first-order valence-corrected chi connectivity index (χ1v) is 14.0. The zero-order chi connectivity index (χ0) is 23.7. The Morgan fingerprint density at radius 1 is 1.06 bits per heavy atom. The second-order valence-corrected chi connectivity index (χ2v) is 11.1. The highest BCUT2D eigenvalue weighted by Crippen LogP contribution is 2.20. The highest BCUT2D eigenvalue weighted by molar-refractivity contribution is 7.89. The minimum absolute atomic E-state index is 0.0524. The molecule has 2 heterocycles. The van der Waals surface area contributed by atoms with Crippen LogP contribution in [0.15, 0.2) is 46.7 Å². The molecule has 0 spiro atoms. The Hall–Kier alpha value is -2.23. The van der Waals surface area contributed by atoms with Crippen molar-refractivity contribution in [3.8, 4) is 0 Å². The molecular weight excluding hydrogens is 458 g/mol. The molecule has 3 rings (SSSR count). The van der Waals surface area contributed by atoms with Crippen LogP contribution in [0.1, 0.15) is 54.3 Å². The van der Waals surface area contributed by atoms with Crippen molar-refractivity contribution in [2.24, 2.45) is 5.92 Å². The van der Waals surface area contributed by atoms with E-state index in [1.165, 1.54) is 12.1 Å². The molecule has 1 aromatic heterocycles. The van der Waals surface area contributed by atoms with Crippen molar-refractivity contribution in [2.45, 2.75) is 50.3 Å². The van der Waals surface area contributed by atoms with Gasteiger partial charge in [0.2, 0.25) is 15.9 Å². The first-order chi connectivity index (χ1) is 15.9. The number of unbranched alkanes of at least 4 members (excludes halogenated alkanes) is 2. The van der Waals surface area contributed by atoms with E-state index in [0.29, 0.717) is 51.0 Å². The van der Waals surface area contributed by atoms with Gasteiger partial charge in [0.15, 0.2) is 0 Å². The van der Waals surface area contributed by atoms with Gasteiger partial charge in [0, 0.05) is 42.5 Å². The van der Waals surface area contributed by atoms with E-state index in [1.54, 1.807) is 28.4 Å². The summed E-state index contributed by atoms with van der Waals surface area (Å²) >= 11 is 1.60. The quantitative estimate of drug-likeness (QED) is 0.471. The van der Waals surface area contributed by atoms with Crippen LogP contribution in [-0.4, -0.2) is 51.3 Å². The molecule has 33 heavy (non-hydrogen) atoms. The second kappa shape index (κ2) is 12.3. The van der Waals surface area contributed by atoms with Crippen molar-refractivity contribution in [2.75, 3.05) is 26.2 Å². The fourth-order valence-electron chi connectivity index (χ4n) is 3.88. The standard InChI is InChI=1S/C24H33N3O4S2/c1-2-3-4-14-25-23(28)19-12-16-27(17-13-19)24(29)20-7-9-22(10-8-20)33(30,31)26-15-11-21-6-5-18-32-21/h5-10,18-19,26H,2-4,11-17H2,1H3,(H,25,28). The lowest BCUT2D eigenvalue weighted by atomic mass is 9.95. The molecule has 0 unspecified atom stereocenters. The van der Waals surface area contributed by atoms with Gasteiger partial charge in [-0.3, -0.25) is 9.59 Å². The molecule has 0 atom stereocenters. The van der Waals surface area contributed by atoms with Crippen molar-refractivity contribution >= 4 is 33.2 Å². The lowest BCUT2D eigenvalue weighted by Crippen LogP contribution is -2.43. The normalized spacial score (nSPS) is 14.9. The van der Waals surface area contributed by atoms with E-state index < -0.39 is 10.0 Å². The summed E-state index contributed by atoms with van der Waals surface area (Å²) in [5.41, 5.74) is 0.454. The van der Waals surface area contributed by atoms with Crippen LogP contribution < -0.4 is 10.0 Å². The van der Waals surface area contributed by atoms with Crippen LogP contribution in [-0.2, 0) is 21.2 Å². The van der Waals surface area contributed by atoms with Crippen LogP contribution in [0.3, 0.4) is 0 Å². The maximum absolute atomic E-state index is 12.8. The number of carbonyl (C=O) groups is 2. The van der Waals surface area contributed by atoms with Crippen LogP contribution in [0.5, 0.6) is 0 Å². The molecule has 1 aliphatic heterocycles. The van der Waals surface area contributed by atoms with Gasteiger partial charge in [0.25, 0.3) is 5.91 Å². The molecule has 1 fully saturated rings. The topological polar surface area (TPSA) is 95.6 Å². The number of hydrogen-bond acceptors (Lipinski definition) is 5. The molecule has 0 bridgehead atoms. The maximum Gasteiger partial charge on any atom is 0.253 e. The Morgan fingerprint density at radius 2 is 1.79 bits per heavy atom. The summed E-state index contributed by atoms with van der Waals surface area (Å²) in [7, 11) is -3.62. The number of carbonyl (C=O) groups excluding carboxylic acids is 2. The van der Waals surface area contributed by atoms with Crippen LogP contribution in [0.2, 0.25) is 0 Å². The van der Waals surface area contributed by atoms with Gasteiger partial charge in [-0.05, 0) is 61.4 Å². The number of amides is 2. The number of hydrogen-bond donors (Lipinski definition) is 2. The van der Waals surface area contributed by atoms with Crippen LogP contribution in [0.4, 0.5) is 0 Å². The van der Waals surface area contributed by atoms with E-state index in [-0.39, 0.29) is 22.6 Å². The molecule has 2 N–H and O–H groups in total. The van der Waals surface area contributed by atoms with Crippen LogP contribution in [0.25, 0.3) is 0 Å². The summed E-state index contributed by atoms with van der Waals surface area (Å²) in [6.07, 6.45) is 5.15. The monoisotopic (exact) mass is 491 g/mol. The van der Waals surface area contributed by atoms with Crippen LogP contribution >= 0.6 is 11.3 Å². The van der Waals surface area contributed by atoms with Gasteiger partial charge in [-0.1, -0.05) is 25.8 Å². The molecule has 0 aliphatic carbocycles. The van der Waals surface area contributed by atoms with Gasteiger partial charge >= 0.3 is 0 Å².